The van der Waals surface area contributed by atoms with E-state index in [4.69, 9.17) is 14.0 Å². The van der Waals surface area contributed by atoms with Gasteiger partial charge in [-0.1, -0.05) is 12.1 Å². The van der Waals surface area contributed by atoms with Crippen LogP contribution in [0.5, 0.6) is 11.5 Å². The predicted octanol–water partition coefficient (Wildman–Crippen LogP) is 3.31. The van der Waals surface area contributed by atoms with E-state index < -0.39 is 5.97 Å². The van der Waals surface area contributed by atoms with Gasteiger partial charge in [0.1, 0.15) is 0 Å². The first-order chi connectivity index (χ1) is 12.2. The molecule has 1 aromatic carbocycles. The summed E-state index contributed by atoms with van der Waals surface area (Å²) in [5.74, 6) is 0.259. The Balaban J connectivity index is 1.87. The monoisotopic (exact) mass is 340 g/mol. The Hall–Kier alpha value is -3.09. The highest BCUT2D eigenvalue weighted by atomic mass is 16.5. The molecule has 1 N–H and O–H groups in total. The number of ether oxygens (including phenoxy) is 2. The van der Waals surface area contributed by atoms with Gasteiger partial charge in [0.25, 0.3) is 5.71 Å². The van der Waals surface area contributed by atoms with Crippen LogP contribution in [0.2, 0.25) is 0 Å². The predicted molar refractivity (Wildman–Crippen MR) is 89.2 cm³/mol. The lowest BCUT2D eigenvalue weighted by Crippen LogP contribution is -2.01. The van der Waals surface area contributed by atoms with Crippen molar-refractivity contribution in [2.45, 2.75) is 19.8 Å². The van der Waals surface area contributed by atoms with Gasteiger partial charge in [0.2, 0.25) is 0 Å². The van der Waals surface area contributed by atoms with Crippen molar-refractivity contribution in [3.63, 3.8) is 0 Å². The normalized spacial score (nSPS) is 13.6. The molecule has 7 nitrogen and oxygen atoms in total. The molecule has 3 aromatic rings. The second-order valence-electron chi connectivity index (χ2n) is 5.74. The lowest BCUT2D eigenvalue weighted by molar-refractivity contribution is 0.0699. The van der Waals surface area contributed by atoms with Gasteiger partial charge < -0.3 is 19.1 Å². The molecule has 25 heavy (non-hydrogen) atoms. The van der Waals surface area contributed by atoms with Crippen LogP contribution in [0.4, 0.5) is 0 Å². The third-order valence-electron chi connectivity index (χ3n) is 4.13. The van der Waals surface area contributed by atoms with Gasteiger partial charge in [-0.3, -0.25) is 0 Å². The van der Waals surface area contributed by atoms with Gasteiger partial charge >= 0.3 is 5.97 Å². The molecule has 0 atom stereocenters. The van der Waals surface area contributed by atoms with Crippen molar-refractivity contribution in [2.24, 2.45) is 0 Å². The topological polar surface area (TPSA) is 94.7 Å². The highest BCUT2D eigenvalue weighted by Crippen LogP contribution is 2.35. The fourth-order valence-corrected chi connectivity index (χ4v) is 2.89. The van der Waals surface area contributed by atoms with E-state index in [9.17, 15) is 9.90 Å². The molecule has 0 radical (unpaired) electrons. The van der Waals surface area contributed by atoms with Gasteiger partial charge in [-0.05, 0) is 30.7 Å². The van der Waals surface area contributed by atoms with Crippen LogP contribution in [-0.4, -0.2) is 34.4 Å². The Bertz CT molecular complexity index is 963. The number of aromatic nitrogens is 2. The Kier molecular flexibility index (Phi) is 3.76. The SMILES string of the molecule is CCc1noc2nc(-c3ccc4c(c3)OCCCO4)cc(C(=O)O)c12. The van der Waals surface area contributed by atoms with Crippen LogP contribution in [-0.2, 0) is 6.42 Å². The Morgan fingerprint density at radius 2 is 2.00 bits per heavy atom. The minimum atomic E-state index is -1.04. The van der Waals surface area contributed by atoms with Crippen molar-refractivity contribution in [1.82, 2.24) is 10.1 Å². The van der Waals surface area contributed by atoms with Gasteiger partial charge in [-0.2, -0.15) is 0 Å². The number of fused-ring (bicyclic) bond motifs is 2. The van der Waals surface area contributed by atoms with E-state index >= 15 is 0 Å². The zero-order valence-corrected chi connectivity index (χ0v) is 13.6. The quantitative estimate of drug-likeness (QED) is 0.781. The number of benzene rings is 1. The third kappa shape index (κ3) is 2.67. The number of nitrogens with zero attached hydrogens (tertiary/aromatic N) is 2. The second-order valence-corrected chi connectivity index (χ2v) is 5.74. The number of aryl methyl sites for hydroxylation is 1. The number of pyridine rings is 1. The van der Waals surface area contributed by atoms with Crippen LogP contribution in [0.1, 0.15) is 29.4 Å². The maximum absolute atomic E-state index is 11.7. The summed E-state index contributed by atoms with van der Waals surface area (Å²) in [5, 5.41) is 14.0. The van der Waals surface area contributed by atoms with Gasteiger partial charge in [-0.25, -0.2) is 9.78 Å². The minimum Gasteiger partial charge on any atom is -0.490 e. The minimum absolute atomic E-state index is 0.130. The van der Waals surface area contributed by atoms with Crippen molar-refractivity contribution < 1.29 is 23.9 Å². The molecule has 2 aromatic heterocycles. The number of carboxylic acids is 1. The van der Waals surface area contributed by atoms with Crippen molar-refractivity contribution in [2.75, 3.05) is 13.2 Å². The lowest BCUT2D eigenvalue weighted by atomic mass is 10.0. The summed E-state index contributed by atoms with van der Waals surface area (Å²) in [6.45, 7) is 3.07. The molecule has 0 fully saturated rings. The summed E-state index contributed by atoms with van der Waals surface area (Å²) in [7, 11) is 0. The van der Waals surface area contributed by atoms with E-state index in [1.54, 1.807) is 18.2 Å². The summed E-state index contributed by atoms with van der Waals surface area (Å²) in [4.78, 5) is 16.1. The van der Waals surface area contributed by atoms with Gasteiger partial charge in [0.05, 0.1) is 35.6 Å². The van der Waals surface area contributed by atoms with Gasteiger partial charge in [0.15, 0.2) is 11.5 Å². The first kappa shape index (κ1) is 15.4. The second kappa shape index (κ2) is 6.08. The van der Waals surface area contributed by atoms with Gasteiger partial charge in [0, 0.05) is 12.0 Å². The van der Waals surface area contributed by atoms with E-state index in [1.165, 1.54) is 0 Å². The molecule has 3 heterocycles. The number of rotatable bonds is 3. The average molecular weight is 340 g/mol. The number of carbonyl (C=O) groups is 1. The first-order valence-corrected chi connectivity index (χ1v) is 8.10. The average Bonchev–Trinajstić information content (AvgIpc) is 2.89. The summed E-state index contributed by atoms with van der Waals surface area (Å²) in [6.07, 6.45) is 1.38. The molecule has 0 aliphatic carbocycles. The van der Waals surface area contributed by atoms with E-state index in [0.29, 0.717) is 47.9 Å². The highest BCUT2D eigenvalue weighted by molar-refractivity contribution is 6.03. The largest absolute Gasteiger partial charge is 0.490 e. The van der Waals surface area contributed by atoms with Crippen molar-refractivity contribution in [3.8, 4) is 22.8 Å². The maximum Gasteiger partial charge on any atom is 0.336 e. The Morgan fingerprint density at radius 3 is 2.76 bits per heavy atom. The van der Waals surface area contributed by atoms with E-state index in [-0.39, 0.29) is 11.3 Å². The highest BCUT2D eigenvalue weighted by Gasteiger charge is 2.20. The molecule has 0 saturated heterocycles. The van der Waals surface area contributed by atoms with Crippen LogP contribution in [0.3, 0.4) is 0 Å². The van der Waals surface area contributed by atoms with Crippen LogP contribution in [0.25, 0.3) is 22.4 Å². The molecule has 1 aliphatic heterocycles. The summed E-state index contributed by atoms with van der Waals surface area (Å²) in [6, 6.07) is 6.97. The molecule has 0 saturated carbocycles. The van der Waals surface area contributed by atoms with Gasteiger partial charge in [-0.15, -0.1) is 0 Å². The first-order valence-electron chi connectivity index (χ1n) is 8.10. The van der Waals surface area contributed by atoms with Crippen molar-refractivity contribution >= 4 is 17.1 Å². The lowest BCUT2D eigenvalue weighted by Gasteiger charge is -2.09. The zero-order valence-electron chi connectivity index (χ0n) is 13.6. The van der Waals surface area contributed by atoms with Crippen molar-refractivity contribution in [1.29, 1.82) is 0 Å². The molecule has 0 unspecified atom stereocenters. The van der Waals surface area contributed by atoms with Crippen LogP contribution < -0.4 is 9.47 Å². The molecule has 128 valence electrons. The molecule has 0 amide bonds. The summed E-state index contributed by atoms with van der Waals surface area (Å²) < 4.78 is 16.6. The summed E-state index contributed by atoms with van der Waals surface area (Å²) >= 11 is 0. The van der Waals surface area contributed by atoms with Crippen LogP contribution in [0, 0.1) is 0 Å². The third-order valence-corrected chi connectivity index (χ3v) is 4.13. The molecular weight excluding hydrogens is 324 g/mol. The Morgan fingerprint density at radius 1 is 1.20 bits per heavy atom. The number of carboxylic acid groups (broad SMARTS) is 1. The number of aromatic carboxylic acids is 1. The standard InChI is InChI=1S/C18H16N2O5/c1-2-12-16-11(18(21)22)9-13(19-17(16)25-20-12)10-4-5-14-15(8-10)24-7-3-6-23-14/h4-5,8-9H,2-3,6-7H2,1H3,(H,21,22). The van der Waals surface area contributed by atoms with Crippen molar-refractivity contribution in [3.05, 3.63) is 35.5 Å². The zero-order chi connectivity index (χ0) is 17.4. The molecule has 0 spiro atoms. The van der Waals surface area contributed by atoms with E-state index in [1.807, 2.05) is 13.0 Å². The fraction of sp³-hybridized carbons (Fsp3) is 0.278. The summed E-state index contributed by atoms with van der Waals surface area (Å²) in [5.41, 5.74) is 2.15. The van der Waals surface area contributed by atoms with Crippen LogP contribution in [0.15, 0.2) is 28.8 Å². The Labute approximate surface area is 143 Å². The molecule has 0 bridgehead atoms. The number of hydrogen-bond acceptors (Lipinski definition) is 6. The maximum atomic E-state index is 11.7. The molecule has 1 aliphatic rings. The fourth-order valence-electron chi connectivity index (χ4n) is 2.89. The van der Waals surface area contributed by atoms with E-state index in [2.05, 4.69) is 10.1 Å². The molecular formula is C18H16N2O5. The molecule has 7 heteroatoms. The van der Waals surface area contributed by atoms with Crippen LogP contribution >= 0.6 is 0 Å². The van der Waals surface area contributed by atoms with E-state index in [0.717, 1.165) is 12.0 Å². The number of hydrogen-bond donors (Lipinski definition) is 1. The molecule has 4 rings (SSSR count). The smallest absolute Gasteiger partial charge is 0.336 e.